The van der Waals surface area contributed by atoms with Crippen molar-refractivity contribution in [1.29, 1.82) is 0 Å². The van der Waals surface area contributed by atoms with Crippen molar-refractivity contribution in [3.8, 4) is 5.88 Å². The number of imidazole rings is 1. The normalized spacial score (nSPS) is 11.7. The molecule has 0 aliphatic carbocycles. The summed E-state index contributed by atoms with van der Waals surface area (Å²) in [7, 11) is 0. The molecule has 5 rings (SSSR count). The lowest BCUT2D eigenvalue weighted by atomic mass is 10.0. The monoisotopic (exact) mass is 616 g/mol. The number of hydrogen-bond donors (Lipinski definition) is 7. The Labute approximate surface area is 249 Å². The van der Waals surface area contributed by atoms with Crippen molar-refractivity contribution in [3.63, 3.8) is 0 Å². The number of anilines is 3. The molecule has 3 aromatic carbocycles. The number of carboxylic acids is 1. The van der Waals surface area contributed by atoms with Crippen LogP contribution in [0.3, 0.4) is 0 Å². The van der Waals surface area contributed by atoms with E-state index in [-0.39, 0.29) is 51.8 Å². The predicted molar refractivity (Wildman–Crippen MR) is 154 cm³/mol. The molecule has 0 unspecified atom stereocenters. The molecule has 5 aromatic rings. The SMILES string of the molecule is NC(=O)[C@H](NC(=O)c1cc(C(=O)NCc2ccc(F)c(Nc3c(N)c(=O)c3=O)c2)nc2c(O)ncn12)c1ccc(C(=O)O)cc1. The minimum absolute atomic E-state index is 0.0612. The van der Waals surface area contributed by atoms with E-state index in [1.165, 1.54) is 36.4 Å². The summed E-state index contributed by atoms with van der Waals surface area (Å²) in [5.74, 6) is -5.29. The zero-order chi connectivity index (χ0) is 32.6. The third-order valence-electron chi connectivity index (χ3n) is 6.69. The van der Waals surface area contributed by atoms with Crippen LogP contribution in [0.15, 0.2) is 64.4 Å². The number of carboxylic acid groups (broad SMARTS) is 1. The van der Waals surface area contributed by atoms with E-state index in [1.807, 2.05) is 0 Å². The molecule has 2 heterocycles. The molecule has 17 heteroatoms. The third kappa shape index (κ3) is 5.72. The minimum Gasteiger partial charge on any atom is -0.491 e. The summed E-state index contributed by atoms with van der Waals surface area (Å²) in [5, 5.41) is 26.7. The Morgan fingerprint density at radius 3 is 2.36 bits per heavy atom. The number of nitrogen functional groups attached to an aromatic ring is 1. The maximum absolute atomic E-state index is 14.3. The van der Waals surface area contributed by atoms with E-state index in [4.69, 9.17) is 16.6 Å². The van der Waals surface area contributed by atoms with Gasteiger partial charge in [-0.3, -0.25) is 28.4 Å². The number of nitrogens with zero attached hydrogens (tertiary/aromatic N) is 3. The number of aromatic nitrogens is 3. The van der Waals surface area contributed by atoms with Crippen molar-refractivity contribution in [2.75, 3.05) is 11.1 Å². The number of carbonyl (C=O) groups is 4. The quantitative estimate of drug-likeness (QED) is 0.103. The van der Waals surface area contributed by atoms with E-state index in [2.05, 4.69) is 25.9 Å². The van der Waals surface area contributed by atoms with Crippen molar-refractivity contribution in [1.82, 2.24) is 25.0 Å². The molecule has 0 radical (unpaired) electrons. The number of nitrogens with two attached hydrogens (primary N) is 2. The molecule has 45 heavy (non-hydrogen) atoms. The highest BCUT2D eigenvalue weighted by Crippen LogP contribution is 2.23. The van der Waals surface area contributed by atoms with Crippen LogP contribution in [-0.2, 0) is 11.3 Å². The van der Waals surface area contributed by atoms with E-state index in [0.29, 0.717) is 5.56 Å². The van der Waals surface area contributed by atoms with Crippen LogP contribution in [0.5, 0.6) is 5.88 Å². The van der Waals surface area contributed by atoms with Crippen LogP contribution in [-0.4, -0.2) is 48.3 Å². The van der Waals surface area contributed by atoms with Gasteiger partial charge in [-0.25, -0.2) is 19.2 Å². The lowest BCUT2D eigenvalue weighted by Gasteiger charge is -2.17. The van der Waals surface area contributed by atoms with Gasteiger partial charge in [0.1, 0.15) is 40.9 Å². The molecule has 228 valence electrons. The van der Waals surface area contributed by atoms with Crippen molar-refractivity contribution < 1.29 is 33.8 Å². The Morgan fingerprint density at radius 2 is 1.71 bits per heavy atom. The van der Waals surface area contributed by atoms with Crippen LogP contribution in [0.25, 0.3) is 5.65 Å². The van der Waals surface area contributed by atoms with Crippen molar-refractivity contribution >= 4 is 46.4 Å². The number of carbonyl (C=O) groups excluding carboxylic acids is 3. The molecule has 2 aromatic heterocycles. The second-order valence-electron chi connectivity index (χ2n) is 9.59. The Bertz CT molecular complexity index is 2100. The number of benzene rings is 2. The number of fused-ring (bicyclic) bond motifs is 1. The Kier molecular flexibility index (Phi) is 7.66. The number of nitrogens with one attached hydrogen (secondary N) is 3. The Balaban J connectivity index is 1.37. The van der Waals surface area contributed by atoms with Crippen LogP contribution in [0.2, 0.25) is 0 Å². The number of halogens is 1. The van der Waals surface area contributed by atoms with Gasteiger partial charge in [-0.15, -0.1) is 0 Å². The molecule has 0 bridgehead atoms. The average Bonchev–Trinajstić information content (AvgIpc) is 3.41. The second kappa shape index (κ2) is 11.6. The number of primary amides is 1. The van der Waals surface area contributed by atoms with Crippen LogP contribution >= 0.6 is 0 Å². The smallest absolute Gasteiger partial charge is 0.335 e. The summed E-state index contributed by atoms with van der Waals surface area (Å²) in [5.41, 5.74) is 8.01. The first-order valence-electron chi connectivity index (χ1n) is 12.8. The fourth-order valence-corrected chi connectivity index (χ4v) is 4.31. The maximum atomic E-state index is 14.3. The van der Waals surface area contributed by atoms with Crippen molar-refractivity contribution in [2.45, 2.75) is 12.6 Å². The molecule has 0 spiro atoms. The molecular formula is C28H21FN8O8. The largest absolute Gasteiger partial charge is 0.491 e. The summed E-state index contributed by atoms with van der Waals surface area (Å²) < 4.78 is 15.4. The van der Waals surface area contributed by atoms with Gasteiger partial charge in [0, 0.05) is 6.54 Å². The lowest BCUT2D eigenvalue weighted by molar-refractivity contribution is -0.120. The van der Waals surface area contributed by atoms with Gasteiger partial charge in [0.05, 0.1) is 11.3 Å². The molecule has 1 atom stereocenters. The molecule has 9 N–H and O–H groups in total. The van der Waals surface area contributed by atoms with E-state index in [0.717, 1.165) is 22.9 Å². The number of hydrogen-bond acceptors (Lipinski definition) is 11. The highest BCUT2D eigenvalue weighted by molar-refractivity contribution is 6.00. The van der Waals surface area contributed by atoms with Gasteiger partial charge in [-0.2, -0.15) is 0 Å². The predicted octanol–water partition coefficient (Wildman–Crippen LogP) is 0.0804. The topological polar surface area (TPSA) is 261 Å². The summed E-state index contributed by atoms with van der Waals surface area (Å²) in [6.45, 7) is -0.190. The Hall–Kier alpha value is -6.65. The van der Waals surface area contributed by atoms with Gasteiger partial charge in [0.25, 0.3) is 28.6 Å². The average molecular weight is 617 g/mol. The first kappa shape index (κ1) is 29.8. The number of aromatic hydroxyl groups is 1. The highest BCUT2D eigenvalue weighted by atomic mass is 19.1. The molecular weight excluding hydrogens is 595 g/mol. The lowest BCUT2D eigenvalue weighted by Crippen LogP contribution is -2.38. The van der Waals surface area contributed by atoms with Crippen LogP contribution in [0.1, 0.15) is 48.5 Å². The van der Waals surface area contributed by atoms with E-state index >= 15 is 0 Å². The molecule has 0 aliphatic rings. The number of amides is 3. The van der Waals surface area contributed by atoms with Gasteiger partial charge < -0.3 is 37.6 Å². The summed E-state index contributed by atoms with van der Waals surface area (Å²) in [6, 6.07) is 8.39. The molecule has 0 saturated carbocycles. The molecule has 3 amide bonds. The number of aromatic carboxylic acids is 1. The summed E-state index contributed by atoms with van der Waals surface area (Å²) in [6.07, 6.45) is 1.06. The van der Waals surface area contributed by atoms with E-state index < -0.39 is 52.3 Å². The van der Waals surface area contributed by atoms with Gasteiger partial charge in [0.15, 0.2) is 0 Å². The molecule has 0 saturated heterocycles. The van der Waals surface area contributed by atoms with Crippen LogP contribution in [0, 0.1) is 5.82 Å². The summed E-state index contributed by atoms with van der Waals surface area (Å²) in [4.78, 5) is 80.6. The van der Waals surface area contributed by atoms with Gasteiger partial charge in [0.2, 0.25) is 11.6 Å². The number of rotatable bonds is 10. The van der Waals surface area contributed by atoms with Gasteiger partial charge in [-0.05, 0) is 41.5 Å². The fourth-order valence-electron chi connectivity index (χ4n) is 4.31. The zero-order valence-corrected chi connectivity index (χ0v) is 22.7. The van der Waals surface area contributed by atoms with Crippen LogP contribution in [0.4, 0.5) is 21.5 Å². The fraction of sp³-hybridized carbons (Fsp3) is 0.0714. The zero-order valence-electron chi connectivity index (χ0n) is 22.7. The molecule has 0 aliphatic heterocycles. The summed E-state index contributed by atoms with van der Waals surface area (Å²) >= 11 is 0. The maximum Gasteiger partial charge on any atom is 0.335 e. The van der Waals surface area contributed by atoms with Crippen molar-refractivity contribution in [2.24, 2.45) is 5.73 Å². The van der Waals surface area contributed by atoms with E-state index in [1.54, 1.807) is 0 Å². The van der Waals surface area contributed by atoms with Gasteiger partial charge in [-0.1, -0.05) is 18.2 Å². The van der Waals surface area contributed by atoms with E-state index in [9.17, 15) is 38.3 Å². The minimum atomic E-state index is -1.40. The standard InChI is InChI=1S/C28H21FN8O8/c29-14-6-1-11(7-15(14)34-20-18(30)21(38)22(20)39)9-32-25(41)16-8-17(37-10-33-27(43)24(37)35-16)26(42)36-19(23(31)40)12-2-4-13(5-3-12)28(44)45/h1-8,10,19,34,43H,9,30H2,(H2,31,40)(H,32,41)(H,36,42)(H,44,45)/t19-/m1/s1. The second-order valence-corrected chi connectivity index (χ2v) is 9.59. The first-order valence-corrected chi connectivity index (χ1v) is 12.8. The van der Waals surface area contributed by atoms with Crippen molar-refractivity contribution in [3.05, 3.63) is 109 Å². The van der Waals surface area contributed by atoms with Gasteiger partial charge >= 0.3 is 5.97 Å². The molecule has 0 fully saturated rings. The Morgan fingerprint density at radius 1 is 1.00 bits per heavy atom. The molecule has 16 nitrogen and oxygen atoms in total. The first-order chi connectivity index (χ1) is 21.3. The highest BCUT2D eigenvalue weighted by Gasteiger charge is 2.25. The van der Waals surface area contributed by atoms with Crippen LogP contribution < -0.4 is 38.3 Å². The third-order valence-corrected chi connectivity index (χ3v) is 6.69.